The molecule has 0 unspecified atom stereocenters. The average Bonchev–Trinajstić information content (AvgIpc) is 2.84. The Labute approximate surface area is 186 Å². The van der Waals surface area contributed by atoms with Gasteiger partial charge in [-0.15, -0.1) is 0 Å². The number of nitrogen functional groups attached to an aromatic ring is 1. The molecule has 4 aromatic rings. The van der Waals surface area contributed by atoms with E-state index < -0.39 is 5.91 Å². The van der Waals surface area contributed by atoms with Crippen molar-refractivity contribution in [2.24, 2.45) is 0 Å². The number of aromatic nitrogens is 4. The molecule has 0 saturated carbocycles. The maximum Gasteiger partial charge on any atom is 0.278 e. The molecule has 32 heavy (non-hydrogen) atoms. The highest BCUT2D eigenvalue weighted by Crippen LogP contribution is 2.27. The van der Waals surface area contributed by atoms with Crippen LogP contribution in [0.5, 0.6) is 0 Å². The number of anilines is 2. The molecular formula is C23H20BN7O. The summed E-state index contributed by atoms with van der Waals surface area (Å²) in [4.78, 5) is 29.8. The smallest absolute Gasteiger partial charge is 0.278 e. The van der Waals surface area contributed by atoms with Gasteiger partial charge >= 0.3 is 0 Å². The number of nitrogens with zero attached hydrogens (tertiary/aromatic N) is 4. The Kier molecular flexibility index (Phi) is 6.47. The van der Waals surface area contributed by atoms with Gasteiger partial charge in [-0.25, -0.2) is 9.97 Å². The molecule has 3 heterocycles. The van der Waals surface area contributed by atoms with Gasteiger partial charge in [0.05, 0.1) is 23.8 Å². The summed E-state index contributed by atoms with van der Waals surface area (Å²) in [5, 5.41) is 5.49. The van der Waals surface area contributed by atoms with Crippen molar-refractivity contribution in [3.8, 4) is 22.4 Å². The summed E-state index contributed by atoms with van der Waals surface area (Å²) in [6, 6.07) is 13.4. The molecule has 0 saturated heterocycles. The molecule has 3 aromatic heterocycles. The van der Waals surface area contributed by atoms with Crippen molar-refractivity contribution in [2.75, 3.05) is 17.6 Å². The molecule has 0 aliphatic heterocycles. The van der Waals surface area contributed by atoms with E-state index in [0.717, 1.165) is 28.7 Å². The first-order valence-corrected chi connectivity index (χ1v) is 9.97. The zero-order valence-corrected chi connectivity index (χ0v) is 17.2. The van der Waals surface area contributed by atoms with Gasteiger partial charge in [0, 0.05) is 29.7 Å². The third kappa shape index (κ3) is 4.79. The summed E-state index contributed by atoms with van der Waals surface area (Å²) in [7, 11) is 5.33. The lowest BCUT2D eigenvalue weighted by molar-refractivity contribution is 0.102. The number of nitrogens with one attached hydrogen (secondary N) is 2. The molecule has 2 radical (unpaired) electrons. The lowest BCUT2D eigenvalue weighted by Crippen LogP contribution is -2.18. The Hall–Kier alpha value is -4.11. The van der Waals surface area contributed by atoms with Crippen LogP contribution in [0.3, 0.4) is 0 Å². The molecular weight excluding hydrogens is 401 g/mol. The predicted molar refractivity (Wildman–Crippen MR) is 125 cm³/mol. The summed E-state index contributed by atoms with van der Waals surface area (Å²) in [5.41, 5.74) is 10.8. The molecule has 0 aliphatic carbocycles. The molecule has 9 heteroatoms. The Morgan fingerprint density at radius 3 is 2.44 bits per heavy atom. The van der Waals surface area contributed by atoms with Crippen LogP contribution in [0.2, 0.25) is 0 Å². The number of pyridine rings is 2. The van der Waals surface area contributed by atoms with Crippen molar-refractivity contribution in [1.82, 2.24) is 25.2 Å². The van der Waals surface area contributed by atoms with Crippen molar-refractivity contribution < 1.29 is 4.79 Å². The molecule has 1 aromatic carbocycles. The fourth-order valence-electron chi connectivity index (χ4n) is 3.22. The van der Waals surface area contributed by atoms with E-state index in [1.807, 2.05) is 42.5 Å². The van der Waals surface area contributed by atoms with Crippen molar-refractivity contribution in [3.05, 3.63) is 84.7 Å². The Morgan fingerprint density at radius 1 is 0.938 bits per heavy atom. The first-order chi connectivity index (χ1) is 15.7. The molecule has 0 aliphatic rings. The van der Waals surface area contributed by atoms with Gasteiger partial charge in [0.25, 0.3) is 5.91 Å². The molecule has 156 valence electrons. The number of hydrogen-bond donors (Lipinski definition) is 3. The topological polar surface area (TPSA) is 119 Å². The van der Waals surface area contributed by atoms with E-state index >= 15 is 0 Å². The van der Waals surface area contributed by atoms with Crippen molar-refractivity contribution in [1.29, 1.82) is 0 Å². The van der Waals surface area contributed by atoms with Crippen LogP contribution in [-0.4, -0.2) is 40.4 Å². The van der Waals surface area contributed by atoms with Crippen LogP contribution < -0.4 is 16.3 Å². The maximum atomic E-state index is 13.0. The predicted octanol–water partition coefficient (Wildman–Crippen LogP) is 2.65. The first kappa shape index (κ1) is 21.1. The number of carbonyl (C=O) groups excluding carboxylic acids is 1. The van der Waals surface area contributed by atoms with Gasteiger partial charge in [-0.05, 0) is 42.3 Å². The van der Waals surface area contributed by atoms with Gasteiger partial charge in [-0.1, -0.05) is 24.3 Å². The number of hydrogen-bond acceptors (Lipinski definition) is 7. The van der Waals surface area contributed by atoms with Gasteiger partial charge in [0.1, 0.15) is 0 Å². The number of carbonyl (C=O) groups is 1. The normalized spacial score (nSPS) is 10.6. The maximum absolute atomic E-state index is 13.0. The number of benzene rings is 1. The van der Waals surface area contributed by atoms with Crippen LogP contribution in [-0.2, 0) is 6.42 Å². The second-order valence-corrected chi connectivity index (χ2v) is 7.00. The molecule has 0 bridgehead atoms. The quantitative estimate of drug-likeness (QED) is 0.393. The minimum Gasteiger partial charge on any atom is -0.382 e. The lowest BCUT2D eigenvalue weighted by atomic mass is 10.1. The second-order valence-electron chi connectivity index (χ2n) is 7.00. The van der Waals surface area contributed by atoms with Crippen LogP contribution in [0.25, 0.3) is 22.4 Å². The van der Waals surface area contributed by atoms with Gasteiger partial charge < -0.3 is 16.3 Å². The van der Waals surface area contributed by atoms with E-state index in [1.54, 1.807) is 31.0 Å². The largest absolute Gasteiger partial charge is 0.382 e. The van der Waals surface area contributed by atoms with Crippen LogP contribution in [0, 0.1) is 0 Å². The van der Waals surface area contributed by atoms with E-state index in [0.29, 0.717) is 17.9 Å². The average molecular weight is 421 g/mol. The highest BCUT2D eigenvalue weighted by atomic mass is 16.1. The van der Waals surface area contributed by atoms with Gasteiger partial charge in [-0.3, -0.25) is 14.8 Å². The van der Waals surface area contributed by atoms with Crippen molar-refractivity contribution >= 4 is 25.4 Å². The van der Waals surface area contributed by atoms with Crippen LogP contribution in [0.4, 0.5) is 11.5 Å². The third-order valence-electron chi connectivity index (χ3n) is 4.88. The van der Waals surface area contributed by atoms with Crippen LogP contribution >= 0.6 is 0 Å². The summed E-state index contributed by atoms with van der Waals surface area (Å²) in [5.74, 6) is -0.419. The van der Waals surface area contributed by atoms with Gasteiger partial charge in [0.15, 0.2) is 19.5 Å². The van der Waals surface area contributed by atoms with E-state index in [2.05, 4.69) is 30.5 Å². The molecule has 0 spiro atoms. The van der Waals surface area contributed by atoms with Crippen LogP contribution in [0.15, 0.2) is 73.4 Å². The molecule has 8 nitrogen and oxygen atoms in total. The highest BCUT2D eigenvalue weighted by molar-refractivity contribution is 6.07. The Bertz CT molecular complexity index is 1220. The molecule has 0 fully saturated rings. The molecule has 4 N–H and O–H groups in total. The molecule has 1 amide bonds. The zero-order valence-electron chi connectivity index (χ0n) is 17.2. The van der Waals surface area contributed by atoms with Crippen LogP contribution in [0.1, 0.15) is 16.1 Å². The van der Waals surface area contributed by atoms with E-state index in [-0.39, 0.29) is 11.5 Å². The number of nitrogens with two attached hydrogens (primary N) is 1. The minimum atomic E-state index is -0.467. The summed E-state index contributed by atoms with van der Waals surface area (Å²) < 4.78 is 0. The Morgan fingerprint density at radius 2 is 1.69 bits per heavy atom. The van der Waals surface area contributed by atoms with Crippen molar-refractivity contribution in [2.45, 2.75) is 6.42 Å². The SMILES string of the molecule is [B]NCCc1ccc(-c2cnc(N)c(C(=O)Nc3cnccc3-c3ccncc3)n2)cc1. The monoisotopic (exact) mass is 421 g/mol. The third-order valence-corrected chi connectivity index (χ3v) is 4.88. The summed E-state index contributed by atoms with van der Waals surface area (Å²) in [6.45, 7) is 0.682. The second kappa shape index (κ2) is 9.80. The van der Waals surface area contributed by atoms with Crippen molar-refractivity contribution in [3.63, 3.8) is 0 Å². The fourth-order valence-corrected chi connectivity index (χ4v) is 3.22. The fraction of sp³-hybridized carbons (Fsp3) is 0.0870. The number of rotatable bonds is 7. The van der Waals surface area contributed by atoms with E-state index in [4.69, 9.17) is 13.7 Å². The summed E-state index contributed by atoms with van der Waals surface area (Å²) >= 11 is 0. The Balaban J connectivity index is 1.59. The molecule has 0 atom stereocenters. The summed E-state index contributed by atoms with van der Waals surface area (Å²) in [6.07, 6.45) is 8.97. The number of amides is 1. The lowest BCUT2D eigenvalue weighted by Gasteiger charge is -2.12. The van der Waals surface area contributed by atoms with E-state index in [9.17, 15) is 4.79 Å². The molecule has 4 rings (SSSR count). The van der Waals surface area contributed by atoms with E-state index in [1.165, 1.54) is 0 Å². The minimum absolute atomic E-state index is 0.0449. The van der Waals surface area contributed by atoms with Gasteiger partial charge in [0.2, 0.25) is 0 Å². The zero-order chi connectivity index (χ0) is 22.3. The first-order valence-electron chi connectivity index (χ1n) is 9.97. The standard InChI is InChI=1S/C23H20BN7O/c24-29-12-5-15-1-3-17(4-2-15)19-14-28-22(25)21(30-19)23(32)31-20-13-27-11-8-18(20)16-6-9-26-10-7-16/h1-4,6-11,13-14,29H,5,12H2,(H2,25,28)(H,31,32). The highest BCUT2D eigenvalue weighted by Gasteiger charge is 2.17. The van der Waals surface area contributed by atoms with Gasteiger partial charge in [-0.2, -0.15) is 0 Å².